The second-order valence-corrected chi connectivity index (χ2v) is 6.47. The van der Waals surface area contributed by atoms with Crippen LogP contribution in [0.25, 0.3) is 0 Å². The van der Waals surface area contributed by atoms with Crippen LogP contribution in [0.5, 0.6) is 0 Å². The molecule has 1 fully saturated rings. The third-order valence-electron chi connectivity index (χ3n) is 4.15. The Hall–Kier alpha value is -0.420. The number of nitrogens with one attached hydrogen (secondary N) is 1. The molecule has 1 heterocycles. The minimum atomic E-state index is -0.370. The van der Waals surface area contributed by atoms with E-state index in [2.05, 4.69) is 24.3 Å². The summed E-state index contributed by atoms with van der Waals surface area (Å²) in [4.78, 5) is 3.40. The van der Waals surface area contributed by atoms with Gasteiger partial charge in [-0.3, -0.25) is 0 Å². The van der Waals surface area contributed by atoms with Gasteiger partial charge in [0.1, 0.15) is 6.10 Å². The Morgan fingerprint density at radius 1 is 1.44 bits per heavy atom. The predicted molar refractivity (Wildman–Crippen MR) is 77.0 cm³/mol. The number of nitrogens with zero attached hydrogens (tertiary/aromatic N) is 1. The maximum Gasteiger partial charge on any atom is 0.101 e. The van der Waals surface area contributed by atoms with Gasteiger partial charge in [-0.15, -0.1) is 11.3 Å². The van der Waals surface area contributed by atoms with Gasteiger partial charge in [-0.1, -0.05) is 18.9 Å². The van der Waals surface area contributed by atoms with E-state index in [9.17, 15) is 5.11 Å². The van der Waals surface area contributed by atoms with Crippen molar-refractivity contribution >= 4 is 11.3 Å². The summed E-state index contributed by atoms with van der Waals surface area (Å²) in [7, 11) is 4.34. The van der Waals surface area contributed by atoms with Crippen LogP contribution < -0.4 is 5.32 Å². The van der Waals surface area contributed by atoms with E-state index in [1.54, 1.807) is 11.3 Å². The molecule has 1 saturated carbocycles. The zero-order valence-electron chi connectivity index (χ0n) is 11.4. The first kappa shape index (κ1) is 14.0. The molecule has 0 aromatic carbocycles. The van der Waals surface area contributed by atoms with Crippen LogP contribution in [0, 0.1) is 0 Å². The van der Waals surface area contributed by atoms with Crippen molar-refractivity contribution in [1.29, 1.82) is 0 Å². The van der Waals surface area contributed by atoms with E-state index >= 15 is 0 Å². The highest BCUT2D eigenvalue weighted by atomic mass is 32.1. The van der Waals surface area contributed by atoms with E-state index in [-0.39, 0.29) is 6.10 Å². The van der Waals surface area contributed by atoms with E-state index in [0.717, 1.165) is 11.4 Å². The SMILES string of the molecule is CN(C)C1(CNCC(O)c2cccs2)CCCC1. The first-order valence-corrected chi connectivity index (χ1v) is 7.62. The minimum Gasteiger partial charge on any atom is -0.386 e. The summed E-state index contributed by atoms with van der Waals surface area (Å²) in [6, 6.07) is 3.98. The lowest BCUT2D eigenvalue weighted by Crippen LogP contribution is -2.50. The lowest BCUT2D eigenvalue weighted by atomic mass is 9.96. The van der Waals surface area contributed by atoms with E-state index in [0.29, 0.717) is 12.1 Å². The molecular formula is C14H24N2OS. The highest BCUT2D eigenvalue weighted by molar-refractivity contribution is 7.10. The van der Waals surface area contributed by atoms with E-state index in [1.807, 2.05) is 17.5 Å². The van der Waals surface area contributed by atoms with Gasteiger partial charge in [0.25, 0.3) is 0 Å². The fourth-order valence-electron chi connectivity index (χ4n) is 2.84. The number of aliphatic hydroxyl groups is 1. The molecule has 1 aromatic heterocycles. The second kappa shape index (κ2) is 6.15. The smallest absolute Gasteiger partial charge is 0.101 e. The first-order valence-electron chi connectivity index (χ1n) is 6.74. The monoisotopic (exact) mass is 268 g/mol. The zero-order chi connectivity index (χ0) is 13.0. The molecule has 3 nitrogen and oxygen atoms in total. The van der Waals surface area contributed by atoms with Crippen molar-refractivity contribution in [3.63, 3.8) is 0 Å². The Kier molecular flexibility index (Phi) is 4.78. The van der Waals surface area contributed by atoms with Crippen LogP contribution in [-0.2, 0) is 0 Å². The lowest BCUT2D eigenvalue weighted by molar-refractivity contribution is 0.135. The summed E-state index contributed by atoms with van der Waals surface area (Å²) < 4.78 is 0. The average molecular weight is 268 g/mol. The number of rotatable bonds is 6. The van der Waals surface area contributed by atoms with Crippen LogP contribution in [0.3, 0.4) is 0 Å². The largest absolute Gasteiger partial charge is 0.386 e. The fourth-order valence-corrected chi connectivity index (χ4v) is 3.55. The van der Waals surface area contributed by atoms with Crippen LogP contribution in [0.4, 0.5) is 0 Å². The number of hydrogen-bond acceptors (Lipinski definition) is 4. The van der Waals surface area contributed by atoms with Crippen molar-refractivity contribution in [1.82, 2.24) is 10.2 Å². The predicted octanol–water partition coefficient (Wildman–Crippen LogP) is 2.25. The molecule has 0 radical (unpaired) electrons. The second-order valence-electron chi connectivity index (χ2n) is 5.49. The van der Waals surface area contributed by atoms with Gasteiger partial charge in [0.05, 0.1) is 0 Å². The minimum absolute atomic E-state index is 0.301. The van der Waals surface area contributed by atoms with Crippen LogP contribution >= 0.6 is 11.3 Å². The molecule has 1 unspecified atom stereocenters. The molecule has 18 heavy (non-hydrogen) atoms. The molecule has 1 atom stereocenters. The van der Waals surface area contributed by atoms with Crippen molar-refractivity contribution in [3.8, 4) is 0 Å². The molecule has 2 N–H and O–H groups in total. The molecule has 4 heteroatoms. The summed E-state index contributed by atoms with van der Waals surface area (Å²) in [5.41, 5.74) is 0.301. The van der Waals surface area contributed by atoms with Gasteiger partial charge in [-0.05, 0) is 38.4 Å². The maximum atomic E-state index is 10.0. The molecule has 1 aliphatic rings. The van der Waals surface area contributed by atoms with E-state index in [1.165, 1.54) is 25.7 Å². The molecule has 2 rings (SSSR count). The van der Waals surface area contributed by atoms with Crippen LogP contribution in [-0.4, -0.2) is 42.7 Å². The lowest BCUT2D eigenvalue weighted by Gasteiger charge is -2.36. The van der Waals surface area contributed by atoms with Crippen molar-refractivity contribution in [2.75, 3.05) is 27.2 Å². The molecule has 1 aliphatic carbocycles. The molecule has 0 saturated heterocycles. The topological polar surface area (TPSA) is 35.5 Å². The molecule has 0 spiro atoms. The van der Waals surface area contributed by atoms with E-state index in [4.69, 9.17) is 0 Å². The van der Waals surface area contributed by atoms with Crippen LogP contribution in [0.15, 0.2) is 17.5 Å². The first-order chi connectivity index (χ1) is 8.64. The summed E-state index contributed by atoms with van der Waals surface area (Å²) in [5.74, 6) is 0. The Morgan fingerprint density at radius 3 is 2.72 bits per heavy atom. The third-order valence-corrected chi connectivity index (χ3v) is 5.12. The molecule has 1 aromatic rings. The standard InChI is InChI=1S/C14H24N2OS/c1-16(2)14(7-3-4-8-14)11-15-10-12(17)13-6-5-9-18-13/h5-6,9,12,15,17H,3-4,7-8,10-11H2,1-2H3. The quantitative estimate of drug-likeness (QED) is 0.830. The van der Waals surface area contributed by atoms with Crippen molar-refractivity contribution in [2.24, 2.45) is 0 Å². The fraction of sp³-hybridized carbons (Fsp3) is 0.714. The Morgan fingerprint density at radius 2 is 2.17 bits per heavy atom. The number of hydrogen-bond donors (Lipinski definition) is 2. The highest BCUT2D eigenvalue weighted by Crippen LogP contribution is 2.33. The zero-order valence-corrected chi connectivity index (χ0v) is 12.2. The van der Waals surface area contributed by atoms with Gasteiger partial charge in [-0.2, -0.15) is 0 Å². The summed E-state index contributed by atoms with van der Waals surface area (Å²) in [5, 5.41) is 15.5. The van der Waals surface area contributed by atoms with Crippen LogP contribution in [0.2, 0.25) is 0 Å². The number of thiophene rings is 1. The molecular weight excluding hydrogens is 244 g/mol. The van der Waals surface area contributed by atoms with Crippen molar-refractivity contribution < 1.29 is 5.11 Å². The van der Waals surface area contributed by atoms with Crippen molar-refractivity contribution in [3.05, 3.63) is 22.4 Å². The summed E-state index contributed by atoms with van der Waals surface area (Å²) in [6.07, 6.45) is 4.82. The number of likely N-dealkylation sites (N-methyl/N-ethyl adjacent to an activating group) is 1. The van der Waals surface area contributed by atoms with Gasteiger partial charge in [0.15, 0.2) is 0 Å². The Labute approximate surface area is 114 Å². The highest BCUT2D eigenvalue weighted by Gasteiger charge is 2.35. The molecule has 0 amide bonds. The Balaban J connectivity index is 1.80. The van der Waals surface area contributed by atoms with Gasteiger partial charge in [0.2, 0.25) is 0 Å². The van der Waals surface area contributed by atoms with Crippen LogP contribution in [0.1, 0.15) is 36.7 Å². The Bertz CT molecular complexity index is 345. The summed E-state index contributed by atoms with van der Waals surface area (Å²) in [6.45, 7) is 1.62. The van der Waals surface area contributed by atoms with Crippen molar-refractivity contribution in [2.45, 2.75) is 37.3 Å². The maximum absolute atomic E-state index is 10.0. The third kappa shape index (κ3) is 3.12. The average Bonchev–Trinajstić information content (AvgIpc) is 3.00. The normalized spacial score (nSPS) is 20.4. The van der Waals surface area contributed by atoms with Gasteiger partial charge in [-0.25, -0.2) is 0 Å². The van der Waals surface area contributed by atoms with Gasteiger partial charge >= 0.3 is 0 Å². The van der Waals surface area contributed by atoms with Gasteiger partial charge in [0, 0.05) is 23.5 Å². The summed E-state index contributed by atoms with van der Waals surface area (Å²) >= 11 is 1.62. The molecule has 102 valence electrons. The molecule has 0 aliphatic heterocycles. The molecule has 0 bridgehead atoms. The van der Waals surface area contributed by atoms with E-state index < -0.39 is 0 Å². The van der Waals surface area contributed by atoms with Gasteiger partial charge < -0.3 is 15.3 Å². The number of aliphatic hydroxyl groups excluding tert-OH is 1.